The zero-order valence-corrected chi connectivity index (χ0v) is 11.9. The first-order chi connectivity index (χ1) is 9.24. The van der Waals surface area contributed by atoms with Gasteiger partial charge in [-0.05, 0) is 50.9 Å². The van der Waals surface area contributed by atoms with Crippen molar-refractivity contribution in [2.45, 2.75) is 69.9 Å². The lowest BCUT2D eigenvalue weighted by Crippen LogP contribution is -2.31. The molecule has 0 aromatic carbocycles. The van der Waals surface area contributed by atoms with Gasteiger partial charge in [0.1, 0.15) is 0 Å². The van der Waals surface area contributed by atoms with E-state index in [1.165, 1.54) is 19.3 Å². The molecule has 2 aliphatic carbocycles. The zero-order chi connectivity index (χ0) is 13.5. The van der Waals surface area contributed by atoms with Crippen LogP contribution in [0, 0.1) is 5.92 Å². The van der Waals surface area contributed by atoms with Gasteiger partial charge in [-0.25, -0.2) is 0 Å². The molecule has 2 aliphatic rings. The minimum atomic E-state index is 0.216. The van der Waals surface area contributed by atoms with Crippen LogP contribution in [-0.4, -0.2) is 31.2 Å². The maximum absolute atomic E-state index is 11.6. The molecule has 110 valence electrons. The van der Waals surface area contributed by atoms with Crippen molar-refractivity contribution < 1.29 is 9.53 Å². The Morgan fingerprint density at radius 2 is 1.89 bits per heavy atom. The fraction of sp³-hybridized carbons (Fsp3) is 0.933. The third kappa shape index (κ3) is 5.49. The van der Waals surface area contributed by atoms with Crippen LogP contribution in [0.15, 0.2) is 0 Å². The predicted octanol–water partition coefficient (Wildman–Crippen LogP) is 1.97. The summed E-state index contributed by atoms with van der Waals surface area (Å²) in [4.78, 5) is 11.6. The fourth-order valence-corrected chi connectivity index (χ4v) is 2.84. The topological polar surface area (TPSA) is 64.3 Å². The van der Waals surface area contributed by atoms with E-state index in [4.69, 9.17) is 10.5 Å². The fourth-order valence-electron chi connectivity index (χ4n) is 2.84. The van der Waals surface area contributed by atoms with Crippen LogP contribution in [0.25, 0.3) is 0 Å². The molecule has 4 heteroatoms. The van der Waals surface area contributed by atoms with Gasteiger partial charge in [-0.3, -0.25) is 4.79 Å². The van der Waals surface area contributed by atoms with Crippen LogP contribution in [0.5, 0.6) is 0 Å². The first-order valence-electron chi connectivity index (χ1n) is 7.88. The van der Waals surface area contributed by atoms with E-state index >= 15 is 0 Å². The molecule has 0 aromatic heterocycles. The maximum atomic E-state index is 11.6. The van der Waals surface area contributed by atoms with Crippen molar-refractivity contribution in [2.75, 3.05) is 13.2 Å². The van der Waals surface area contributed by atoms with Gasteiger partial charge in [-0.1, -0.05) is 6.42 Å². The van der Waals surface area contributed by atoms with Crippen molar-refractivity contribution in [3.8, 4) is 0 Å². The van der Waals surface area contributed by atoms with Crippen LogP contribution >= 0.6 is 0 Å². The number of rotatable bonds is 7. The number of nitrogens with two attached hydrogens (primary N) is 1. The van der Waals surface area contributed by atoms with Crippen LogP contribution in [0.1, 0.15) is 57.8 Å². The van der Waals surface area contributed by atoms with Gasteiger partial charge in [0.2, 0.25) is 5.91 Å². The van der Waals surface area contributed by atoms with Gasteiger partial charge in [-0.15, -0.1) is 0 Å². The van der Waals surface area contributed by atoms with Crippen LogP contribution in [0.3, 0.4) is 0 Å². The van der Waals surface area contributed by atoms with Crippen LogP contribution in [0.2, 0.25) is 0 Å². The quantitative estimate of drug-likeness (QED) is 0.694. The molecule has 0 aromatic rings. The summed E-state index contributed by atoms with van der Waals surface area (Å²) >= 11 is 0. The molecule has 4 nitrogen and oxygen atoms in total. The minimum absolute atomic E-state index is 0.216. The Morgan fingerprint density at radius 3 is 2.53 bits per heavy atom. The molecule has 3 N–H and O–H groups in total. The van der Waals surface area contributed by atoms with Gasteiger partial charge in [0.05, 0.1) is 6.10 Å². The molecule has 0 unspecified atom stereocenters. The average Bonchev–Trinajstić information content (AvgIpc) is 2.36. The van der Waals surface area contributed by atoms with Gasteiger partial charge < -0.3 is 15.8 Å². The highest BCUT2D eigenvalue weighted by atomic mass is 16.5. The van der Waals surface area contributed by atoms with Crippen molar-refractivity contribution in [3.63, 3.8) is 0 Å². The van der Waals surface area contributed by atoms with E-state index in [1.54, 1.807) is 0 Å². The first-order valence-corrected chi connectivity index (χ1v) is 7.88. The van der Waals surface area contributed by atoms with Crippen molar-refractivity contribution in [3.05, 3.63) is 0 Å². The second kappa shape index (κ2) is 7.85. The van der Waals surface area contributed by atoms with Crippen molar-refractivity contribution >= 4 is 5.91 Å². The van der Waals surface area contributed by atoms with Crippen molar-refractivity contribution in [1.29, 1.82) is 0 Å². The normalized spacial score (nSPS) is 27.8. The standard InChI is InChI=1S/C15H28N2O2/c16-13-5-7-14(8-6-13)19-10-2-9-17-15(18)11-12-3-1-4-12/h12-14H,1-11,16H2,(H,17,18). The summed E-state index contributed by atoms with van der Waals surface area (Å²) in [5, 5.41) is 2.99. The van der Waals surface area contributed by atoms with E-state index in [0.717, 1.165) is 51.7 Å². The lowest BCUT2D eigenvalue weighted by atomic mass is 9.83. The van der Waals surface area contributed by atoms with Crippen LogP contribution < -0.4 is 11.1 Å². The molecule has 0 atom stereocenters. The number of nitrogens with one attached hydrogen (secondary N) is 1. The van der Waals surface area contributed by atoms with E-state index in [2.05, 4.69) is 5.32 Å². The molecule has 0 spiro atoms. The molecule has 2 fully saturated rings. The Morgan fingerprint density at radius 1 is 1.16 bits per heavy atom. The largest absolute Gasteiger partial charge is 0.378 e. The maximum Gasteiger partial charge on any atom is 0.220 e. The number of ether oxygens (including phenoxy) is 1. The number of hydrogen-bond acceptors (Lipinski definition) is 3. The molecule has 0 aliphatic heterocycles. The minimum Gasteiger partial charge on any atom is -0.378 e. The van der Waals surface area contributed by atoms with Crippen LogP contribution in [0.4, 0.5) is 0 Å². The molecule has 1 amide bonds. The lowest BCUT2D eigenvalue weighted by molar-refractivity contribution is -0.122. The highest BCUT2D eigenvalue weighted by Crippen LogP contribution is 2.29. The molecule has 0 radical (unpaired) electrons. The van der Waals surface area contributed by atoms with Gasteiger partial charge in [0.25, 0.3) is 0 Å². The SMILES string of the molecule is NC1CCC(OCCCNC(=O)CC2CCC2)CC1. The Bertz CT molecular complexity index is 271. The Balaban J connectivity index is 1.42. The Kier molecular flexibility index (Phi) is 6.11. The molecule has 0 heterocycles. The van der Waals surface area contributed by atoms with E-state index in [1.807, 2.05) is 0 Å². The number of hydrogen-bond donors (Lipinski definition) is 2. The third-order valence-corrected chi connectivity index (χ3v) is 4.41. The molecular formula is C15H28N2O2. The molecule has 19 heavy (non-hydrogen) atoms. The highest BCUT2D eigenvalue weighted by Gasteiger charge is 2.20. The monoisotopic (exact) mass is 268 g/mol. The third-order valence-electron chi connectivity index (χ3n) is 4.41. The smallest absolute Gasteiger partial charge is 0.220 e. The van der Waals surface area contributed by atoms with E-state index in [0.29, 0.717) is 18.1 Å². The van der Waals surface area contributed by atoms with Gasteiger partial charge in [0, 0.05) is 25.6 Å². The summed E-state index contributed by atoms with van der Waals surface area (Å²) in [6, 6.07) is 0.380. The Hall–Kier alpha value is -0.610. The first kappa shape index (κ1) is 14.8. The van der Waals surface area contributed by atoms with Gasteiger partial charge in [0.15, 0.2) is 0 Å². The average molecular weight is 268 g/mol. The molecule has 0 saturated heterocycles. The lowest BCUT2D eigenvalue weighted by Gasteiger charge is -2.26. The van der Waals surface area contributed by atoms with E-state index < -0.39 is 0 Å². The van der Waals surface area contributed by atoms with Crippen LogP contribution in [-0.2, 0) is 9.53 Å². The second-order valence-corrected chi connectivity index (χ2v) is 6.11. The van der Waals surface area contributed by atoms with E-state index in [-0.39, 0.29) is 5.91 Å². The number of carbonyl (C=O) groups is 1. The Labute approximate surface area is 116 Å². The van der Waals surface area contributed by atoms with Gasteiger partial charge >= 0.3 is 0 Å². The molecule has 2 saturated carbocycles. The highest BCUT2D eigenvalue weighted by molar-refractivity contribution is 5.76. The molecular weight excluding hydrogens is 240 g/mol. The second-order valence-electron chi connectivity index (χ2n) is 6.11. The summed E-state index contributed by atoms with van der Waals surface area (Å²) in [5.74, 6) is 0.871. The summed E-state index contributed by atoms with van der Waals surface area (Å²) in [5.41, 5.74) is 5.86. The summed E-state index contributed by atoms with van der Waals surface area (Å²) in [6.45, 7) is 1.50. The van der Waals surface area contributed by atoms with Crippen molar-refractivity contribution in [2.24, 2.45) is 11.7 Å². The number of carbonyl (C=O) groups excluding carboxylic acids is 1. The summed E-state index contributed by atoms with van der Waals surface area (Å²) in [6.07, 6.45) is 10.2. The molecule has 2 rings (SSSR count). The number of amides is 1. The zero-order valence-electron chi connectivity index (χ0n) is 11.9. The van der Waals surface area contributed by atoms with Crippen molar-refractivity contribution in [1.82, 2.24) is 5.32 Å². The van der Waals surface area contributed by atoms with E-state index in [9.17, 15) is 4.79 Å². The summed E-state index contributed by atoms with van der Waals surface area (Å²) < 4.78 is 5.82. The van der Waals surface area contributed by atoms with Gasteiger partial charge in [-0.2, -0.15) is 0 Å². The summed E-state index contributed by atoms with van der Waals surface area (Å²) in [7, 11) is 0. The predicted molar refractivity (Wildman–Crippen MR) is 75.8 cm³/mol. The molecule has 0 bridgehead atoms.